The van der Waals surface area contributed by atoms with E-state index in [9.17, 15) is 4.79 Å². The summed E-state index contributed by atoms with van der Waals surface area (Å²) in [7, 11) is 0. The monoisotopic (exact) mass is 479 g/mol. The summed E-state index contributed by atoms with van der Waals surface area (Å²) in [6.07, 6.45) is 7.41. The van der Waals surface area contributed by atoms with E-state index in [0.29, 0.717) is 6.42 Å². The zero-order valence-corrected chi connectivity index (χ0v) is 20.5. The molecule has 0 fully saturated rings. The highest BCUT2D eigenvalue weighted by Crippen LogP contribution is 2.29. The molecule has 0 bridgehead atoms. The van der Waals surface area contributed by atoms with Gasteiger partial charge in [0.1, 0.15) is 6.17 Å². The normalized spacial score (nSPS) is 12.3. The number of amides is 1. The predicted octanol–water partition coefficient (Wildman–Crippen LogP) is 6.54. The number of unbranched alkanes of at least 4 members (excludes halogenated alkanes) is 6. The van der Waals surface area contributed by atoms with Gasteiger partial charge in [-0.25, -0.2) is 0 Å². The number of halogens is 3. The lowest BCUT2D eigenvalue weighted by molar-refractivity contribution is -0.122. The summed E-state index contributed by atoms with van der Waals surface area (Å²) in [5, 5.41) is 9.00. The summed E-state index contributed by atoms with van der Waals surface area (Å²) in [5.41, 5.74) is 3.00. The van der Waals surface area contributed by atoms with Crippen molar-refractivity contribution in [2.45, 2.75) is 82.1 Å². The van der Waals surface area contributed by atoms with Gasteiger partial charge in [0.2, 0.25) is 9.70 Å². The van der Waals surface area contributed by atoms with Crippen molar-refractivity contribution in [2.24, 2.45) is 0 Å². The van der Waals surface area contributed by atoms with Crippen molar-refractivity contribution in [1.29, 1.82) is 0 Å². The van der Waals surface area contributed by atoms with Crippen LogP contribution in [0.3, 0.4) is 0 Å². The highest BCUT2D eigenvalue weighted by Gasteiger charge is 2.34. The van der Waals surface area contributed by atoms with E-state index in [0.717, 1.165) is 36.1 Å². The molecule has 0 aliphatic carbocycles. The van der Waals surface area contributed by atoms with Crippen LogP contribution in [0.5, 0.6) is 0 Å². The molecule has 0 saturated carbocycles. The minimum absolute atomic E-state index is 0.170. The van der Waals surface area contributed by atoms with Crippen molar-refractivity contribution < 1.29 is 4.79 Å². The van der Waals surface area contributed by atoms with Crippen molar-refractivity contribution in [3.05, 3.63) is 29.3 Å². The zero-order chi connectivity index (χ0) is 21.9. The Hall–Kier alpha value is -0.750. The number of alkyl halides is 3. The molecule has 1 aromatic rings. The first-order chi connectivity index (χ1) is 13.6. The molecule has 0 spiro atoms. The average Bonchev–Trinajstić information content (AvgIpc) is 2.62. The molecule has 1 aromatic carbocycles. The second kappa shape index (κ2) is 13.5. The Balaban J connectivity index is 2.50. The van der Waals surface area contributed by atoms with Crippen LogP contribution in [0.15, 0.2) is 18.2 Å². The Bertz CT molecular complexity index is 665. The van der Waals surface area contributed by atoms with Crippen LogP contribution in [0.2, 0.25) is 0 Å². The molecular formula is C21H32Cl3N3OS. The number of anilines is 1. The fraction of sp³-hybridized carbons (Fsp3) is 0.619. The van der Waals surface area contributed by atoms with E-state index in [4.69, 9.17) is 47.0 Å². The second-order valence-electron chi connectivity index (χ2n) is 7.33. The summed E-state index contributed by atoms with van der Waals surface area (Å²) in [5.74, 6) is -0.170. The van der Waals surface area contributed by atoms with Gasteiger partial charge in [0, 0.05) is 12.1 Å². The minimum Gasteiger partial charge on any atom is -0.339 e. The molecule has 29 heavy (non-hydrogen) atoms. The first-order valence-corrected chi connectivity index (χ1v) is 11.7. The van der Waals surface area contributed by atoms with Gasteiger partial charge in [-0.3, -0.25) is 4.79 Å². The molecule has 1 rings (SSSR count). The molecule has 4 nitrogen and oxygen atoms in total. The number of carbonyl (C=O) groups is 1. The van der Waals surface area contributed by atoms with Gasteiger partial charge in [-0.2, -0.15) is 0 Å². The van der Waals surface area contributed by atoms with E-state index < -0.39 is 9.96 Å². The fourth-order valence-electron chi connectivity index (χ4n) is 2.84. The van der Waals surface area contributed by atoms with Crippen LogP contribution in [-0.4, -0.2) is 21.0 Å². The van der Waals surface area contributed by atoms with E-state index in [2.05, 4.69) is 22.9 Å². The van der Waals surface area contributed by atoms with Gasteiger partial charge >= 0.3 is 0 Å². The molecule has 1 atom stereocenters. The summed E-state index contributed by atoms with van der Waals surface area (Å²) in [6, 6.07) is 5.99. The molecule has 8 heteroatoms. The highest BCUT2D eigenvalue weighted by molar-refractivity contribution is 7.80. The van der Waals surface area contributed by atoms with E-state index in [1.54, 1.807) is 0 Å². The van der Waals surface area contributed by atoms with Gasteiger partial charge in [0.15, 0.2) is 5.11 Å². The topological polar surface area (TPSA) is 53.2 Å². The zero-order valence-electron chi connectivity index (χ0n) is 17.4. The molecule has 164 valence electrons. The maximum absolute atomic E-state index is 12.3. The van der Waals surface area contributed by atoms with Crippen molar-refractivity contribution in [1.82, 2.24) is 10.6 Å². The Kier molecular flexibility index (Phi) is 12.3. The smallest absolute Gasteiger partial charge is 0.228 e. The molecule has 0 aliphatic heterocycles. The van der Waals surface area contributed by atoms with Crippen LogP contribution < -0.4 is 16.0 Å². The lowest BCUT2D eigenvalue weighted by atomic mass is 10.1. The van der Waals surface area contributed by atoms with Gasteiger partial charge < -0.3 is 16.0 Å². The molecular weight excluding hydrogens is 449 g/mol. The number of rotatable bonds is 11. The van der Waals surface area contributed by atoms with Crippen molar-refractivity contribution in [3.63, 3.8) is 0 Å². The Morgan fingerprint density at radius 3 is 2.28 bits per heavy atom. The number of carbonyl (C=O) groups excluding carboxylic acids is 1. The van der Waals surface area contributed by atoms with Crippen LogP contribution in [0.25, 0.3) is 0 Å². The molecule has 0 aromatic heterocycles. The molecule has 0 heterocycles. The fourth-order valence-corrected chi connectivity index (χ4v) is 3.39. The molecule has 1 amide bonds. The number of thiocarbonyl (C=S) groups is 1. The number of benzene rings is 1. The molecule has 0 unspecified atom stereocenters. The van der Waals surface area contributed by atoms with Gasteiger partial charge in [0.25, 0.3) is 0 Å². The third-order valence-electron chi connectivity index (χ3n) is 4.56. The van der Waals surface area contributed by atoms with Crippen LogP contribution in [0.1, 0.15) is 69.4 Å². The largest absolute Gasteiger partial charge is 0.339 e. The third kappa shape index (κ3) is 11.3. The quantitative estimate of drug-likeness (QED) is 0.146. The molecule has 0 saturated heterocycles. The lowest BCUT2D eigenvalue weighted by Crippen LogP contribution is -2.56. The van der Waals surface area contributed by atoms with E-state index >= 15 is 0 Å². The van der Waals surface area contributed by atoms with Crippen LogP contribution in [-0.2, 0) is 4.79 Å². The summed E-state index contributed by atoms with van der Waals surface area (Å²) >= 11 is 23.5. The van der Waals surface area contributed by atoms with Crippen molar-refractivity contribution in [3.8, 4) is 0 Å². The predicted molar refractivity (Wildman–Crippen MR) is 130 cm³/mol. The summed E-state index contributed by atoms with van der Waals surface area (Å²) in [6.45, 7) is 6.17. The van der Waals surface area contributed by atoms with Crippen LogP contribution in [0, 0.1) is 13.8 Å². The maximum Gasteiger partial charge on any atom is 0.228 e. The van der Waals surface area contributed by atoms with Crippen LogP contribution >= 0.6 is 47.0 Å². The Labute approximate surface area is 195 Å². The van der Waals surface area contributed by atoms with Gasteiger partial charge in [-0.05, 0) is 49.7 Å². The van der Waals surface area contributed by atoms with Gasteiger partial charge in [-0.1, -0.05) is 92.4 Å². The first kappa shape index (κ1) is 26.3. The molecule has 3 N–H and O–H groups in total. The maximum atomic E-state index is 12.3. The number of hydrogen-bond acceptors (Lipinski definition) is 2. The standard InChI is InChI=1S/C21H32Cl3N3OS/c1-4-5-6-7-8-9-10-11-18(28)26-19(21(22,23)24)27-20(29)25-17-14-15(2)12-13-16(17)3/h12-14,19H,4-11H2,1-3H3,(H,26,28)(H2,25,27,29)/t19-/m1/s1. The van der Waals surface area contributed by atoms with E-state index in [1.807, 2.05) is 32.0 Å². The molecule has 0 radical (unpaired) electrons. The molecule has 0 aliphatic rings. The van der Waals surface area contributed by atoms with E-state index in [1.165, 1.54) is 25.7 Å². The third-order valence-corrected chi connectivity index (χ3v) is 5.43. The number of nitrogens with one attached hydrogen (secondary N) is 3. The Morgan fingerprint density at radius 1 is 1.03 bits per heavy atom. The van der Waals surface area contributed by atoms with Crippen molar-refractivity contribution in [2.75, 3.05) is 5.32 Å². The lowest BCUT2D eigenvalue weighted by Gasteiger charge is -2.28. The second-order valence-corrected chi connectivity index (χ2v) is 10.1. The summed E-state index contributed by atoms with van der Waals surface area (Å²) in [4.78, 5) is 12.3. The van der Waals surface area contributed by atoms with Gasteiger partial charge in [0.05, 0.1) is 0 Å². The van der Waals surface area contributed by atoms with Gasteiger partial charge in [-0.15, -0.1) is 0 Å². The highest BCUT2D eigenvalue weighted by atomic mass is 35.6. The average molecular weight is 481 g/mol. The van der Waals surface area contributed by atoms with Crippen molar-refractivity contribution >= 4 is 63.7 Å². The number of aryl methyl sites for hydroxylation is 2. The SMILES string of the molecule is CCCCCCCCCC(=O)N[C@H](NC(=S)Nc1cc(C)ccc1C)C(Cl)(Cl)Cl. The minimum atomic E-state index is -1.75. The van der Waals surface area contributed by atoms with E-state index in [-0.39, 0.29) is 11.0 Å². The number of hydrogen-bond donors (Lipinski definition) is 3. The first-order valence-electron chi connectivity index (χ1n) is 10.1. The summed E-state index contributed by atoms with van der Waals surface area (Å²) < 4.78 is -1.75. The van der Waals surface area contributed by atoms with Crippen LogP contribution in [0.4, 0.5) is 5.69 Å². The Morgan fingerprint density at radius 2 is 1.66 bits per heavy atom.